The molecule has 4 aliphatic carbocycles. The van der Waals surface area contributed by atoms with Gasteiger partial charge >= 0.3 is 5.97 Å². The van der Waals surface area contributed by atoms with E-state index in [1.807, 2.05) is 93.8 Å². The van der Waals surface area contributed by atoms with E-state index in [-0.39, 0.29) is 77.5 Å². The number of methoxy groups -OCH3 is 8. The van der Waals surface area contributed by atoms with Crippen molar-refractivity contribution < 1.29 is 62.2 Å². The maximum Gasteiger partial charge on any atom is 0.306 e. The van der Waals surface area contributed by atoms with Crippen molar-refractivity contribution in [3.8, 4) is 90.5 Å². The number of halogens is 8. The molecule has 0 spiro atoms. The van der Waals surface area contributed by atoms with Crippen LogP contribution < -0.4 is 70.2 Å². The molecule has 8 N–H and O–H groups in total. The second-order valence-electron chi connectivity index (χ2n) is 34.8. The number of carbonyl (C=O) groups excluding carboxylic acids is 3. The van der Waals surface area contributed by atoms with Crippen molar-refractivity contribution in [2.75, 3.05) is 135 Å². The average molecular weight is 2030 g/mol. The summed E-state index contributed by atoms with van der Waals surface area (Å²) in [5.41, 5.74) is 15.0. The fraction of sp³-hybridized carbons (Fsp3) is 0.394. The Balaban J connectivity index is 0.000000162. The number of hydrogen-bond donors (Lipinski definition) is 7. The zero-order valence-electron chi connectivity index (χ0n) is 79.5. The van der Waals surface area contributed by atoms with Crippen LogP contribution in [-0.2, 0) is 19.2 Å². The summed E-state index contributed by atoms with van der Waals surface area (Å²) in [5.74, 6) is 6.06. The van der Waals surface area contributed by atoms with Crippen LogP contribution in [0.1, 0.15) is 72.1 Å². The first-order valence-electron chi connectivity index (χ1n) is 44.2. The first kappa shape index (κ1) is 105. The van der Waals surface area contributed by atoms with Gasteiger partial charge in [-0.3, -0.25) is 19.2 Å². The highest BCUT2D eigenvalue weighted by Crippen LogP contribution is 2.52. The number of nitrogens with zero attached hydrogens (tertiary/aromatic N) is 11. The first-order valence-corrected chi connectivity index (χ1v) is 47.2. The predicted octanol–water partition coefficient (Wildman–Crippen LogP) is 20.7. The molecule has 3 amide bonds. The lowest BCUT2D eigenvalue weighted by atomic mass is 10.0. The highest BCUT2D eigenvalue weighted by Gasteiger charge is 2.41. The molecule has 4 saturated carbocycles. The van der Waals surface area contributed by atoms with Crippen LogP contribution in [-0.4, -0.2) is 227 Å². The zero-order chi connectivity index (χ0) is 99.4. The molecule has 4 aromatic heterocycles. The minimum Gasteiger partial charge on any atom is -0.495 e. The minimum atomic E-state index is -0.750. The number of nitrogens with one attached hydrogen (secondary N) is 5. The Morgan fingerprint density at radius 2 is 0.533 bits per heavy atom. The zero-order valence-corrected chi connectivity index (χ0v) is 85.5. The number of carbonyl (C=O) groups is 4. The van der Waals surface area contributed by atoms with Gasteiger partial charge in [-0.05, 0) is 154 Å². The van der Waals surface area contributed by atoms with Gasteiger partial charge in [0.05, 0.1) is 125 Å². The number of aromatic nitrogens is 8. The summed E-state index contributed by atoms with van der Waals surface area (Å²) in [4.78, 5) is 89.9. The van der Waals surface area contributed by atoms with Crippen molar-refractivity contribution in [3.05, 3.63) is 162 Å². The molecule has 728 valence electrons. The number of nitrogens with two attached hydrogens (primary N) is 1. The van der Waals surface area contributed by atoms with Gasteiger partial charge in [0.2, 0.25) is 41.5 Å². The molecule has 12 atom stereocenters. The number of ether oxygens (including phenoxy) is 8. The lowest BCUT2D eigenvalue weighted by molar-refractivity contribution is -0.141. The summed E-state index contributed by atoms with van der Waals surface area (Å²) in [5, 5.41) is 32.0. The monoisotopic (exact) mass is 2030 g/mol. The smallest absolute Gasteiger partial charge is 0.306 e. The van der Waals surface area contributed by atoms with E-state index in [0.29, 0.717) is 170 Å². The SMILES string of the molecule is CNC.COc1cc(OC)c(Cl)c(-c2ccc3nc(NC4CC(C(=O)O)CC4C)ncc3c2)c1Cl.COc1cc(OC)c(Cl)c(-c2ccc3nc(NC4C[C@@H](C(=O)N(C)C)CC4C)ncc3c2)c1Cl.COc1cc(OC)c(Cl)c(-c2ccc3nc(NC4C[C@H](C(=O)N(C)C)CC4C)ncc3c2)c1Cl.COc1cc(OC)c(Cl)c(-c2ccc3nc(NC4C[C@H](C(=O)N(C)C)CC4N)ncc3c2)c1Cl. The van der Waals surface area contributed by atoms with Gasteiger partial charge in [0.1, 0.15) is 46.0 Å². The Morgan fingerprint density at radius 3 is 0.745 bits per heavy atom. The van der Waals surface area contributed by atoms with Gasteiger partial charge in [0, 0.05) is 183 Å². The molecule has 4 fully saturated rings. The van der Waals surface area contributed by atoms with Crippen molar-refractivity contribution >= 4 is 184 Å². The largest absolute Gasteiger partial charge is 0.495 e. The summed E-state index contributed by atoms with van der Waals surface area (Å²) in [6.45, 7) is 6.36. The van der Waals surface area contributed by atoms with Crippen molar-refractivity contribution in [3.63, 3.8) is 0 Å². The van der Waals surface area contributed by atoms with Gasteiger partial charge in [0.15, 0.2) is 0 Å². The molecule has 38 heteroatoms. The highest BCUT2D eigenvalue weighted by atomic mass is 35.5. The Kier molecular flexibility index (Phi) is 35.6. The Morgan fingerprint density at radius 1 is 0.328 bits per heavy atom. The molecule has 9 unspecified atom stereocenters. The van der Waals surface area contributed by atoms with Gasteiger partial charge in [-0.2, -0.15) is 0 Å². The maximum atomic E-state index is 12.4. The second kappa shape index (κ2) is 46.5. The molecule has 4 heterocycles. The van der Waals surface area contributed by atoms with Crippen LogP contribution >= 0.6 is 92.8 Å². The summed E-state index contributed by atoms with van der Waals surface area (Å²) < 4.78 is 43.0. The van der Waals surface area contributed by atoms with Gasteiger partial charge in [-0.1, -0.05) is 138 Å². The number of fused-ring (bicyclic) bond motifs is 4. The number of carboxylic acid groups (broad SMARTS) is 1. The number of anilines is 4. The van der Waals surface area contributed by atoms with E-state index in [2.05, 4.69) is 70.3 Å². The molecule has 30 nitrogen and oxygen atoms in total. The number of carboxylic acids is 1. The van der Waals surface area contributed by atoms with Gasteiger partial charge in [-0.15, -0.1) is 0 Å². The standard InChI is InChI=1S/2C25H28Cl2N4O3.C24H27Cl2N5O3.C23H23Cl2N3O4.C2H7N/c2*1-13-8-15(24(32)31(2)3)10-18(13)30-25-28-12-16-9-14(6-7-17(16)29-25)21-22(26)19(33-4)11-20(34-5)23(21)27;1-31(2)23(32)13-8-15(27)17(9-13)30-24-28-11-14-7-12(5-6-16(14)29-24)20-21(25)18(33-3)10-19(34-4)22(20)26;1-11-6-13(22(29)30)8-16(11)28-23-26-10-14-7-12(4-5-15(14)27-23)19-20(24)17(31-2)9-18(32-3)21(19)25;1-3-2/h2*6-7,9,11-13,15,18H,8,10H2,1-5H3,(H,28,29,30);5-7,10-11,13,15,17H,8-9,27H2,1-4H3,(H,28,29,30);4-5,7,9-11,13,16H,6,8H2,1-3H3,(H,29,30)(H,26,27,28);3H,1-2H3/t2*13?,15-,18?;13-,15?,17?;;/m101../s1. The summed E-state index contributed by atoms with van der Waals surface area (Å²) in [6, 6.07) is 29.6. The first-order chi connectivity index (χ1) is 65.4. The minimum absolute atomic E-state index is 0.0229. The molecule has 137 heavy (non-hydrogen) atoms. The average Bonchev–Trinajstić information content (AvgIpc) is 1.78. The van der Waals surface area contributed by atoms with E-state index in [1.165, 1.54) is 28.4 Å². The molecule has 0 radical (unpaired) electrons. The van der Waals surface area contributed by atoms with Crippen LogP contribution in [0.25, 0.3) is 88.1 Å². The number of rotatable bonds is 24. The second-order valence-corrected chi connectivity index (χ2v) is 37.8. The van der Waals surface area contributed by atoms with Crippen molar-refractivity contribution in [2.45, 2.75) is 102 Å². The molecule has 0 aliphatic heterocycles. The van der Waals surface area contributed by atoms with Crippen LogP contribution in [0.5, 0.6) is 46.0 Å². The molecule has 0 saturated heterocycles. The highest BCUT2D eigenvalue weighted by molar-refractivity contribution is 6.43. The molecule has 16 rings (SSSR count). The fourth-order valence-electron chi connectivity index (χ4n) is 17.7. The van der Waals surface area contributed by atoms with E-state index in [0.717, 1.165) is 91.5 Å². The van der Waals surface area contributed by atoms with Crippen LogP contribution in [0.4, 0.5) is 23.8 Å². The van der Waals surface area contributed by atoms with Crippen LogP contribution in [0.15, 0.2) is 122 Å². The summed E-state index contributed by atoms with van der Waals surface area (Å²) in [6.07, 6.45) is 12.8. The molecular weight excluding hydrogens is 1920 g/mol. The molecule has 0 bridgehead atoms. The number of aliphatic carboxylic acids is 1. The Hall–Kier alpha value is -11.2. The predicted molar refractivity (Wildman–Crippen MR) is 547 cm³/mol. The van der Waals surface area contributed by atoms with E-state index in [4.69, 9.17) is 146 Å². The van der Waals surface area contributed by atoms with E-state index < -0.39 is 5.97 Å². The number of benzene rings is 8. The van der Waals surface area contributed by atoms with Crippen LogP contribution in [0, 0.1) is 41.4 Å². The van der Waals surface area contributed by atoms with Crippen molar-refractivity contribution in [1.29, 1.82) is 0 Å². The normalized spacial score (nSPS) is 19.6. The van der Waals surface area contributed by atoms with Crippen LogP contribution in [0.3, 0.4) is 0 Å². The topological polar surface area (TPSA) is 361 Å². The third kappa shape index (κ3) is 23.9. The molecule has 4 aliphatic rings. The van der Waals surface area contributed by atoms with Gasteiger partial charge < -0.3 is 90.0 Å². The third-order valence-corrected chi connectivity index (χ3v) is 28.0. The third-order valence-electron chi connectivity index (χ3n) is 25.0. The van der Waals surface area contributed by atoms with E-state index in [1.54, 1.807) is 134 Å². The molecule has 8 aromatic carbocycles. The molecular formula is C99H113Cl8N17O13. The lowest BCUT2D eigenvalue weighted by Crippen LogP contribution is -2.35. The Labute approximate surface area is 836 Å². The maximum absolute atomic E-state index is 12.4. The molecule has 12 aromatic rings. The van der Waals surface area contributed by atoms with Crippen LogP contribution in [0.2, 0.25) is 40.2 Å². The number of amides is 3. The van der Waals surface area contributed by atoms with Gasteiger partial charge in [-0.25, -0.2) is 39.9 Å². The van der Waals surface area contributed by atoms with E-state index >= 15 is 0 Å². The fourth-order valence-corrected chi connectivity index (χ4v) is 20.6. The van der Waals surface area contributed by atoms with E-state index in [9.17, 15) is 24.3 Å². The quantitative estimate of drug-likeness (QED) is 0.0295. The summed E-state index contributed by atoms with van der Waals surface area (Å²) in [7, 11) is 26.8. The number of hydrogen-bond acceptors (Lipinski definition) is 26. The lowest BCUT2D eigenvalue weighted by Gasteiger charge is -2.18. The van der Waals surface area contributed by atoms with Gasteiger partial charge in [0.25, 0.3) is 0 Å². The van der Waals surface area contributed by atoms with Crippen molar-refractivity contribution in [2.24, 2.45) is 47.2 Å². The summed E-state index contributed by atoms with van der Waals surface area (Å²) >= 11 is 52.6. The van der Waals surface area contributed by atoms with Crippen molar-refractivity contribution in [1.82, 2.24) is 59.9 Å². The Bertz CT molecular complexity index is 5870.